The van der Waals surface area contributed by atoms with Crippen molar-refractivity contribution in [2.75, 3.05) is 0 Å². The van der Waals surface area contributed by atoms with Gasteiger partial charge in [0.15, 0.2) is 0 Å². The van der Waals surface area contributed by atoms with E-state index < -0.39 is 0 Å². The van der Waals surface area contributed by atoms with E-state index in [1.54, 1.807) is 0 Å². The summed E-state index contributed by atoms with van der Waals surface area (Å²) in [5.41, 5.74) is 4.83. The summed E-state index contributed by atoms with van der Waals surface area (Å²) in [6.07, 6.45) is 2.10. The van der Waals surface area contributed by atoms with Crippen molar-refractivity contribution in [2.24, 2.45) is 5.92 Å². The lowest BCUT2D eigenvalue weighted by Gasteiger charge is -2.09. The van der Waals surface area contributed by atoms with E-state index >= 15 is 0 Å². The van der Waals surface area contributed by atoms with Gasteiger partial charge in [0, 0.05) is 5.92 Å². The Hall–Kier alpha value is -1.89. The standard InChI is InChI=1S/C19H22O/c1-14(2)11-16-7-9-17(10-8-16)19-6-4-5-18(12-19)15(3)13-20/h4-10,12-15H,11H2,1-3H3. The molecule has 0 spiro atoms. The molecule has 2 rings (SSSR count). The maximum absolute atomic E-state index is 10.9. The third-order valence-electron chi connectivity index (χ3n) is 3.55. The fourth-order valence-corrected chi connectivity index (χ4v) is 2.38. The van der Waals surface area contributed by atoms with Gasteiger partial charge in [-0.15, -0.1) is 0 Å². The zero-order valence-electron chi connectivity index (χ0n) is 12.5. The molecule has 1 atom stereocenters. The van der Waals surface area contributed by atoms with Gasteiger partial charge in [-0.05, 0) is 34.6 Å². The van der Waals surface area contributed by atoms with Crippen LogP contribution < -0.4 is 0 Å². The monoisotopic (exact) mass is 266 g/mol. The molecular formula is C19H22O. The van der Waals surface area contributed by atoms with E-state index in [-0.39, 0.29) is 5.92 Å². The van der Waals surface area contributed by atoms with Crippen LogP contribution in [-0.4, -0.2) is 6.29 Å². The summed E-state index contributed by atoms with van der Waals surface area (Å²) in [4.78, 5) is 10.9. The first-order chi connectivity index (χ1) is 9.60. The van der Waals surface area contributed by atoms with Gasteiger partial charge in [-0.3, -0.25) is 0 Å². The van der Waals surface area contributed by atoms with Crippen LogP contribution in [0, 0.1) is 5.92 Å². The molecule has 0 saturated carbocycles. The maximum Gasteiger partial charge on any atom is 0.127 e. The Kier molecular flexibility index (Phi) is 4.73. The molecule has 1 heteroatoms. The van der Waals surface area contributed by atoms with Crippen molar-refractivity contribution in [3.05, 3.63) is 59.7 Å². The fraction of sp³-hybridized carbons (Fsp3) is 0.316. The molecule has 104 valence electrons. The van der Waals surface area contributed by atoms with Crippen molar-refractivity contribution < 1.29 is 4.79 Å². The molecule has 0 N–H and O–H groups in total. The lowest BCUT2D eigenvalue weighted by atomic mass is 9.95. The first kappa shape index (κ1) is 14.5. The van der Waals surface area contributed by atoms with Crippen molar-refractivity contribution in [3.63, 3.8) is 0 Å². The second-order valence-electron chi connectivity index (χ2n) is 5.85. The molecule has 0 fully saturated rings. The fourth-order valence-electron chi connectivity index (χ4n) is 2.38. The maximum atomic E-state index is 10.9. The van der Waals surface area contributed by atoms with Crippen LogP contribution in [0.25, 0.3) is 11.1 Å². The molecule has 1 nitrogen and oxygen atoms in total. The molecule has 0 amide bonds. The van der Waals surface area contributed by atoms with Gasteiger partial charge in [0.05, 0.1) is 0 Å². The lowest BCUT2D eigenvalue weighted by molar-refractivity contribution is -0.108. The van der Waals surface area contributed by atoms with Crippen LogP contribution >= 0.6 is 0 Å². The predicted molar refractivity (Wildman–Crippen MR) is 84.9 cm³/mol. The number of rotatable bonds is 5. The number of benzene rings is 2. The molecule has 0 radical (unpaired) electrons. The van der Waals surface area contributed by atoms with Crippen LogP contribution in [0.3, 0.4) is 0 Å². The highest BCUT2D eigenvalue weighted by molar-refractivity contribution is 5.68. The Morgan fingerprint density at radius 2 is 1.65 bits per heavy atom. The summed E-state index contributed by atoms with van der Waals surface area (Å²) >= 11 is 0. The Balaban J connectivity index is 2.25. The van der Waals surface area contributed by atoms with Gasteiger partial charge in [0.25, 0.3) is 0 Å². The van der Waals surface area contributed by atoms with E-state index in [0.717, 1.165) is 18.3 Å². The number of hydrogen-bond donors (Lipinski definition) is 0. The second kappa shape index (κ2) is 6.51. The molecule has 1 unspecified atom stereocenters. The zero-order chi connectivity index (χ0) is 14.5. The van der Waals surface area contributed by atoms with E-state index in [1.165, 1.54) is 16.7 Å². The third kappa shape index (κ3) is 3.57. The molecule has 0 bridgehead atoms. The highest BCUT2D eigenvalue weighted by atomic mass is 16.1. The van der Waals surface area contributed by atoms with E-state index in [2.05, 4.69) is 50.2 Å². The SMILES string of the molecule is CC(C)Cc1ccc(-c2cccc(C(C)C=O)c2)cc1. The molecule has 2 aromatic carbocycles. The molecular weight excluding hydrogens is 244 g/mol. The average Bonchev–Trinajstić information content (AvgIpc) is 2.47. The van der Waals surface area contributed by atoms with Gasteiger partial charge < -0.3 is 4.79 Å². The highest BCUT2D eigenvalue weighted by Gasteiger charge is 2.06. The van der Waals surface area contributed by atoms with E-state index in [4.69, 9.17) is 0 Å². The quantitative estimate of drug-likeness (QED) is 0.707. The van der Waals surface area contributed by atoms with Crippen molar-refractivity contribution in [1.29, 1.82) is 0 Å². The van der Waals surface area contributed by atoms with Gasteiger partial charge in [-0.2, -0.15) is 0 Å². The smallest absolute Gasteiger partial charge is 0.127 e. The summed E-state index contributed by atoms with van der Waals surface area (Å²) in [6.45, 7) is 6.40. The highest BCUT2D eigenvalue weighted by Crippen LogP contribution is 2.24. The van der Waals surface area contributed by atoms with E-state index in [9.17, 15) is 4.79 Å². The first-order valence-electron chi connectivity index (χ1n) is 7.24. The van der Waals surface area contributed by atoms with Gasteiger partial charge >= 0.3 is 0 Å². The van der Waals surface area contributed by atoms with Gasteiger partial charge in [-0.25, -0.2) is 0 Å². The van der Waals surface area contributed by atoms with Gasteiger partial charge in [0.2, 0.25) is 0 Å². The minimum absolute atomic E-state index is 0.0461. The average molecular weight is 266 g/mol. The van der Waals surface area contributed by atoms with Crippen LogP contribution in [0.4, 0.5) is 0 Å². The van der Waals surface area contributed by atoms with Crippen molar-refractivity contribution in [2.45, 2.75) is 33.1 Å². The van der Waals surface area contributed by atoms with Gasteiger partial charge in [0.1, 0.15) is 6.29 Å². The number of carbonyl (C=O) groups excluding carboxylic acids is 1. The molecule has 0 aliphatic rings. The number of hydrogen-bond acceptors (Lipinski definition) is 1. The second-order valence-corrected chi connectivity index (χ2v) is 5.85. The summed E-state index contributed by atoms with van der Waals surface area (Å²) in [6, 6.07) is 17.0. The third-order valence-corrected chi connectivity index (χ3v) is 3.55. The molecule has 0 aromatic heterocycles. The molecule has 0 aliphatic carbocycles. The summed E-state index contributed by atoms with van der Waals surface area (Å²) in [5.74, 6) is 0.632. The van der Waals surface area contributed by atoms with E-state index in [1.807, 2.05) is 19.1 Å². The Morgan fingerprint density at radius 1 is 0.950 bits per heavy atom. The summed E-state index contributed by atoms with van der Waals surface area (Å²) in [7, 11) is 0. The Bertz CT molecular complexity index is 567. The normalized spacial score (nSPS) is 12.4. The van der Waals surface area contributed by atoms with Crippen LogP contribution in [0.15, 0.2) is 48.5 Å². The van der Waals surface area contributed by atoms with Gasteiger partial charge in [-0.1, -0.05) is 69.3 Å². The summed E-state index contributed by atoms with van der Waals surface area (Å²) in [5, 5.41) is 0. The molecule has 0 heterocycles. The van der Waals surface area contributed by atoms with Crippen LogP contribution in [0.5, 0.6) is 0 Å². The van der Waals surface area contributed by atoms with E-state index in [0.29, 0.717) is 5.92 Å². The van der Waals surface area contributed by atoms with Crippen molar-refractivity contribution in [3.8, 4) is 11.1 Å². The minimum Gasteiger partial charge on any atom is -0.303 e. The van der Waals surface area contributed by atoms with Crippen LogP contribution in [0.2, 0.25) is 0 Å². The molecule has 0 saturated heterocycles. The van der Waals surface area contributed by atoms with Crippen molar-refractivity contribution >= 4 is 6.29 Å². The molecule has 2 aromatic rings. The zero-order valence-corrected chi connectivity index (χ0v) is 12.5. The Morgan fingerprint density at radius 3 is 2.25 bits per heavy atom. The number of carbonyl (C=O) groups is 1. The minimum atomic E-state index is -0.0461. The predicted octanol–water partition coefficient (Wildman–Crippen LogP) is 4.85. The van der Waals surface area contributed by atoms with Crippen LogP contribution in [-0.2, 0) is 11.2 Å². The summed E-state index contributed by atoms with van der Waals surface area (Å²) < 4.78 is 0. The lowest BCUT2D eigenvalue weighted by Crippen LogP contribution is -1.95. The molecule has 20 heavy (non-hydrogen) atoms. The number of aldehydes is 1. The topological polar surface area (TPSA) is 17.1 Å². The van der Waals surface area contributed by atoms with Crippen molar-refractivity contribution in [1.82, 2.24) is 0 Å². The largest absolute Gasteiger partial charge is 0.303 e. The van der Waals surface area contributed by atoms with Crippen LogP contribution in [0.1, 0.15) is 37.8 Å². The first-order valence-corrected chi connectivity index (χ1v) is 7.24. The molecule has 0 aliphatic heterocycles. The Labute approximate surface area is 121 Å².